The SMILES string of the molecule is CCc1cccc2ccn(CC(=O)N3CCCCC3)c12. The van der Waals surface area contributed by atoms with E-state index in [0.29, 0.717) is 6.54 Å². The number of para-hydroxylation sites is 1. The number of carbonyl (C=O) groups is 1. The maximum Gasteiger partial charge on any atom is 0.242 e. The number of aromatic nitrogens is 1. The van der Waals surface area contributed by atoms with Gasteiger partial charge in [-0.2, -0.15) is 0 Å². The molecule has 0 spiro atoms. The number of hydrogen-bond acceptors (Lipinski definition) is 1. The Labute approximate surface area is 120 Å². The highest BCUT2D eigenvalue weighted by Gasteiger charge is 2.17. The molecule has 3 heteroatoms. The Morgan fingerprint density at radius 2 is 1.95 bits per heavy atom. The molecule has 3 rings (SSSR count). The zero-order valence-electron chi connectivity index (χ0n) is 12.1. The van der Waals surface area contributed by atoms with E-state index in [0.717, 1.165) is 32.4 Å². The Morgan fingerprint density at radius 3 is 2.70 bits per heavy atom. The van der Waals surface area contributed by atoms with Gasteiger partial charge >= 0.3 is 0 Å². The molecule has 0 bridgehead atoms. The minimum Gasteiger partial charge on any atom is -0.341 e. The van der Waals surface area contributed by atoms with Gasteiger partial charge in [-0.3, -0.25) is 4.79 Å². The summed E-state index contributed by atoms with van der Waals surface area (Å²) in [5, 5.41) is 1.23. The van der Waals surface area contributed by atoms with E-state index in [9.17, 15) is 4.79 Å². The van der Waals surface area contributed by atoms with E-state index in [2.05, 4.69) is 35.8 Å². The smallest absolute Gasteiger partial charge is 0.242 e. The molecule has 0 aliphatic carbocycles. The second-order valence-electron chi connectivity index (χ2n) is 5.59. The average Bonchev–Trinajstić information content (AvgIpc) is 2.91. The van der Waals surface area contributed by atoms with Gasteiger partial charge in [0.25, 0.3) is 0 Å². The number of benzene rings is 1. The summed E-state index contributed by atoms with van der Waals surface area (Å²) in [5.41, 5.74) is 2.54. The highest BCUT2D eigenvalue weighted by molar-refractivity contribution is 5.85. The van der Waals surface area contributed by atoms with Crippen molar-refractivity contribution in [3.63, 3.8) is 0 Å². The maximum atomic E-state index is 12.4. The number of rotatable bonds is 3. The second kappa shape index (κ2) is 5.70. The third-order valence-electron chi connectivity index (χ3n) is 4.27. The molecule has 0 unspecified atom stereocenters. The lowest BCUT2D eigenvalue weighted by atomic mass is 10.1. The molecule has 0 radical (unpaired) electrons. The van der Waals surface area contributed by atoms with Gasteiger partial charge in [0.1, 0.15) is 6.54 Å². The summed E-state index contributed by atoms with van der Waals surface area (Å²) in [4.78, 5) is 14.4. The number of fused-ring (bicyclic) bond motifs is 1. The number of likely N-dealkylation sites (tertiary alicyclic amines) is 1. The van der Waals surface area contributed by atoms with E-state index in [1.165, 1.54) is 22.9 Å². The molecule has 1 fully saturated rings. The number of hydrogen-bond donors (Lipinski definition) is 0. The predicted molar refractivity (Wildman–Crippen MR) is 81.7 cm³/mol. The maximum absolute atomic E-state index is 12.4. The van der Waals surface area contributed by atoms with Crippen LogP contribution < -0.4 is 0 Å². The van der Waals surface area contributed by atoms with Crippen molar-refractivity contribution in [2.45, 2.75) is 39.2 Å². The second-order valence-corrected chi connectivity index (χ2v) is 5.59. The lowest BCUT2D eigenvalue weighted by Crippen LogP contribution is -2.37. The van der Waals surface area contributed by atoms with Crippen LogP contribution in [0.3, 0.4) is 0 Å². The molecule has 1 aliphatic rings. The summed E-state index contributed by atoms with van der Waals surface area (Å²) in [6.45, 7) is 4.50. The number of carbonyl (C=O) groups excluding carboxylic acids is 1. The molecular weight excluding hydrogens is 248 g/mol. The largest absolute Gasteiger partial charge is 0.341 e. The van der Waals surface area contributed by atoms with Crippen LogP contribution in [0.2, 0.25) is 0 Å². The van der Waals surface area contributed by atoms with Gasteiger partial charge in [-0.15, -0.1) is 0 Å². The van der Waals surface area contributed by atoms with Crippen molar-refractivity contribution in [1.29, 1.82) is 0 Å². The quantitative estimate of drug-likeness (QED) is 0.840. The van der Waals surface area contributed by atoms with Gasteiger partial charge in [0.2, 0.25) is 5.91 Å². The fourth-order valence-corrected chi connectivity index (χ4v) is 3.15. The topological polar surface area (TPSA) is 25.2 Å². The van der Waals surface area contributed by atoms with Crippen LogP contribution in [0.15, 0.2) is 30.5 Å². The van der Waals surface area contributed by atoms with Crippen LogP contribution in [0, 0.1) is 0 Å². The van der Waals surface area contributed by atoms with Gasteiger partial charge < -0.3 is 9.47 Å². The Morgan fingerprint density at radius 1 is 1.15 bits per heavy atom. The lowest BCUT2D eigenvalue weighted by Gasteiger charge is -2.27. The molecule has 106 valence electrons. The highest BCUT2D eigenvalue weighted by atomic mass is 16.2. The van der Waals surface area contributed by atoms with Crippen LogP contribution in [0.4, 0.5) is 0 Å². The zero-order valence-corrected chi connectivity index (χ0v) is 12.1. The zero-order chi connectivity index (χ0) is 13.9. The first kappa shape index (κ1) is 13.2. The van der Waals surface area contributed by atoms with Crippen molar-refractivity contribution < 1.29 is 4.79 Å². The molecule has 3 nitrogen and oxygen atoms in total. The van der Waals surface area contributed by atoms with Crippen LogP contribution in [0.1, 0.15) is 31.7 Å². The summed E-state index contributed by atoms with van der Waals surface area (Å²) in [7, 11) is 0. The van der Waals surface area contributed by atoms with Gasteiger partial charge in [-0.25, -0.2) is 0 Å². The van der Waals surface area contributed by atoms with Crippen LogP contribution in [-0.2, 0) is 17.8 Å². The summed E-state index contributed by atoms with van der Waals surface area (Å²) < 4.78 is 2.12. The monoisotopic (exact) mass is 270 g/mol. The average molecular weight is 270 g/mol. The molecule has 1 saturated heterocycles. The predicted octanol–water partition coefficient (Wildman–Crippen LogP) is 3.22. The molecule has 0 saturated carbocycles. The van der Waals surface area contributed by atoms with Crippen LogP contribution in [-0.4, -0.2) is 28.5 Å². The van der Waals surface area contributed by atoms with Crippen LogP contribution in [0.25, 0.3) is 10.9 Å². The first-order chi connectivity index (χ1) is 9.79. The highest BCUT2D eigenvalue weighted by Crippen LogP contribution is 2.21. The van der Waals surface area contributed by atoms with E-state index in [4.69, 9.17) is 0 Å². The van der Waals surface area contributed by atoms with Crippen molar-refractivity contribution >= 4 is 16.8 Å². The van der Waals surface area contributed by atoms with Gasteiger partial charge in [-0.05, 0) is 42.7 Å². The van der Waals surface area contributed by atoms with Crippen LogP contribution in [0.5, 0.6) is 0 Å². The minimum absolute atomic E-state index is 0.258. The molecule has 2 aromatic rings. The standard InChI is InChI=1S/C17H22N2O/c1-2-14-7-6-8-15-9-12-19(17(14)15)13-16(20)18-10-4-3-5-11-18/h6-9,12H,2-5,10-11,13H2,1H3. The van der Waals surface area contributed by atoms with Crippen molar-refractivity contribution in [2.75, 3.05) is 13.1 Å². The molecule has 0 atom stereocenters. The molecule has 0 N–H and O–H groups in total. The van der Waals surface area contributed by atoms with E-state index in [1.807, 2.05) is 11.1 Å². The van der Waals surface area contributed by atoms with Crippen molar-refractivity contribution in [3.8, 4) is 0 Å². The van der Waals surface area contributed by atoms with Crippen molar-refractivity contribution in [1.82, 2.24) is 9.47 Å². The first-order valence-electron chi connectivity index (χ1n) is 7.64. The third-order valence-corrected chi connectivity index (χ3v) is 4.27. The Kier molecular flexibility index (Phi) is 3.77. The molecule has 1 aliphatic heterocycles. The van der Waals surface area contributed by atoms with Crippen LogP contribution >= 0.6 is 0 Å². The van der Waals surface area contributed by atoms with Gasteiger partial charge in [0.15, 0.2) is 0 Å². The Bertz CT molecular complexity index is 608. The molecule has 1 amide bonds. The fourth-order valence-electron chi connectivity index (χ4n) is 3.15. The molecular formula is C17H22N2O. The third kappa shape index (κ3) is 2.45. The van der Waals surface area contributed by atoms with Gasteiger partial charge in [-0.1, -0.05) is 25.1 Å². The number of amides is 1. The number of aryl methyl sites for hydroxylation is 1. The molecule has 20 heavy (non-hydrogen) atoms. The van der Waals surface area contributed by atoms with Crippen molar-refractivity contribution in [2.24, 2.45) is 0 Å². The van der Waals surface area contributed by atoms with E-state index >= 15 is 0 Å². The van der Waals surface area contributed by atoms with Gasteiger partial charge in [0, 0.05) is 19.3 Å². The number of piperidine rings is 1. The Hall–Kier alpha value is -1.77. The molecule has 2 heterocycles. The lowest BCUT2D eigenvalue weighted by molar-refractivity contribution is -0.132. The summed E-state index contributed by atoms with van der Waals surface area (Å²) in [6.07, 6.45) is 6.61. The van der Waals surface area contributed by atoms with Crippen molar-refractivity contribution in [3.05, 3.63) is 36.0 Å². The molecule has 1 aromatic heterocycles. The fraction of sp³-hybridized carbons (Fsp3) is 0.471. The van der Waals surface area contributed by atoms with Gasteiger partial charge in [0.05, 0.1) is 5.52 Å². The Balaban J connectivity index is 1.85. The van der Waals surface area contributed by atoms with E-state index in [-0.39, 0.29) is 5.91 Å². The summed E-state index contributed by atoms with van der Waals surface area (Å²) >= 11 is 0. The number of nitrogens with zero attached hydrogens (tertiary/aromatic N) is 2. The normalized spacial score (nSPS) is 15.8. The minimum atomic E-state index is 0.258. The molecule has 1 aromatic carbocycles. The summed E-state index contributed by atoms with van der Waals surface area (Å²) in [5.74, 6) is 0.258. The van der Waals surface area contributed by atoms with E-state index in [1.54, 1.807) is 0 Å². The summed E-state index contributed by atoms with van der Waals surface area (Å²) in [6, 6.07) is 8.48. The first-order valence-corrected chi connectivity index (χ1v) is 7.64. The van der Waals surface area contributed by atoms with E-state index < -0.39 is 0 Å².